The molecule has 0 atom stereocenters. The van der Waals surface area contributed by atoms with Gasteiger partial charge in [-0.3, -0.25) is 0 Å². The summed E-state index contributed by atoms with van der Waals surface area (Å²) in [5.74, 6) is -0.199. The summed E-state index contributed by atoms with van der Waals surface area (Å²) < 4.78 is 5.65. The molecule has 1 aromatic rings. The number of ether oxygens (including phenoxy) is 1. The van der Waals surface area contributed by atoms with Crippen LogP contribution in [0.15, 0.2) is 22.7 Å². The van der Waals surface area contributed by atoms with Crippen molar-refractivity contribution in [2.24, 2.45) is 0 Å². The van der Waals surface area contributed by atoms with E-state index in [0.717, 1.165) is 29.4 Å². The molecule has 1 saturated carbocycles. The normalized spacial score (nSPS) is 17.1. The number of halogens is 2. The van der Waals surface area contributed by atoms with Gasteiger partial charge in [0.25, 0.3) is 0 Å². The Morgan fingerprint density at radius 1 is 1.53 bits per heavy atom. The van der Waals surface area contributed by atoms with E-state index in [4.69, 9.17) is 16.3 Å². The number of rotatable bonds is 3. The third-order valence-corrected chi connectivity index (χ3v) is 4.30. The maximum atomic E-state index is 11.7. The van der Waals surface area contributed by atoms with Crippen molar-refractivity contribution in [3.63, 3.8) is 0 Å². The summed E-state index contributed by atoms with van der Waals surface area (Å²) in [4.78, 5) is 11.7. The van der Waals surface area contributed by atoms with Crippen molar-refractivity contribution in [3.05, 3.63) is 27.7 Å². The van der Waals surface area contributed by atoms with Crippen LogP contribution < -0.4 is 5.32 Å². The Kier molecular flexibility index (Phi) is 3.64. The van der Waals surface area contributed by atoms with Gasteiger partial charge in [0.05, 0.1) is 12.1 Å². The van der Waals surface area contributed by atoms with Gasteiger partial charge < -0.3 is 10.1 Å². The molecule has 1 N–H and O–H groups in total. The molecule has 0 unspecified atom stereocenters. The van der Waals surface area contributed by atoms with Gasteiger partial charge in [-0.15, -0.1) is 0 Å². The molecule has 0 radical (unpaired) electrons. The highest BCUT2D eigenvalue weighted by molar-refractivity contribution is 9.10. The summed E-state index contributed by atoms with van der Waals surface area (Å²) in [7, 11) is 1.42. The molecule has 0 aromatic heterocycles. The van der Waals surface area contributed by atoms with Crippen LogP contribution in [0.2, 0.25) is 5.02 Å². The number of hydrogen-bond acceptors (Lipinski definition) is 3. The molecule has 1 aliphatic rings. The molecular weight excluding hydrogens is 305 g/mol. The van der Waals surface area contributed by atoms with E-state index >= 15 is 0 Å². The summed E-state index contributed by atoms with van der Waals surface area (Å²) >= 11 is 9.28. The number of methoxy groups -OCH3 is 1. The molecule has 0 spiro atoms. The number of benzene rings is 1. The Bertz CT molecular complexity index is 446. The molecule has 17 heavy (non-hydrogen) atoms. The molecule has 1 aliphatic carbocycles. The lowest BCUT2D eigenvalue weighted by atomic mass is 9.76. The van der Waals surface area contributed by atoms with E-state index in [0.29, 0.717) is 5.02 Å². The first-order chi connectivity index (χ1) is 8.07. The molecular formula is C12H13BrClNO2. The molecule has 0 bridgehead atoms. The number of hydrogen-bond donors (Lipinski definition) is 1. The van der Waals surface area contributed by atoms with Crippen LogP contribution in [0.1, 0.15) is 19.3 Å². The third kappa shape index (κ3) is 2.43. The van der Waals surface area contributed by atoms with Gasteiger partial charge in [0, 0.05) is 10.2 Å². The zero-order valence-electron chi connectivity index (χ0n) is 9.43. The Morgan fingerprint density at radius 3 is 2.71 bits per heavy atom. The van der Waals surface area contributed by atoms with Crippen molar-refractivity contribution in [1.82, 2.24) is 0 Å². The Balaban J connectivity index is 2.18. The second-order valence-electron chi connectivity index (χ2n) is 4.18. The zero-order valence-corrected chi connectivity index (χ0v) is 11.8. The van der Waals surface area contributed by atoms with Crippen LogP contribution in [0.25, 0.3) is 0 Å². The Morgan fingerprint density at radius 2 is 2.24 bits per heavy atom. The van der Waals surface area contributed by atoms with Crippen molar-refractivity contribution < 1.29 is 9.53 Å². The van der Waals surface area contributed by atoms with Gasteiger partial charge in [0.15, 0.2) is 0 Å². The molecule has 0 heterocycles. The van der Waals surface area contributed by atoms with Gasteiger partial charge in [-0.2, -0.15) is 0 Å². The lowest BCUT2D eigenvalue weighted by Crippen LogP contribution is -2.52. The first-order valence-corrected chi connectivity index (χ1v) is 6.56. The third-order valence-electron chi connectivity index (χ3n) is 3.09. The minimum Gasteiger partial charge on any atom is -0.467 e. The fraction of sp³-hybridized carbons (Fsp3) is 0.417. The highest BCUT2D eigenvalue weighted by Gasteiger charge is 2.45. The van der Waals surface area contributed by atoms with Crippen LogP contribution in [-0.2, 0) is 9.53 Å². The summed E-state index contributed by atoms with van der Waals surface area (Å²) in [6.07, 6.45) is 2.65. The van der Waals surface area contributed by atoms with Crippen molar-refractivity contribution in [2.75, 3.05) is 12.4 Å². The first-order valence-electron chi connectivity index (χ1n) is 5.39. The highest BCUT2D eigenvalue weighted by atomic mass is 79.9. The van der Waals surface area contributed by atoms with E-state index in [1.807, 2.05) is 12.1 Å². The fourth-order valence-electron chi connectivity index (χ4n) is 1.96. The minimum absolute atomic E-state index is 0.199. The quantitative estimate of drug-likeness (QED) is 0.865. The number of nitrogens with one attached hydrogen (secondary N) is 1. The summed E-state index contributed by atoms with van der Waals surface area (Å²) in [6.45, 7) is 0. The van der Waals surface area contributed by atoms with Crippen molar-refractivity contribution in [3.8, 4) is 0 Å². The lowest BCUT2D eigenvalue weighted by molar-refractivity contribution is -0.149. The van der Waals surface area contributed by atoms with Crippen molar-refractivity contribution in [2.45, 2.75) is 24.8 Å². The van der Waals surface area contributed by atoms with Crippen LogP contribution in [0.5, 0.6) is 0 Å². The Labute approximate surface area is 114 Å². The monoisotopic (exact) mass is 317 g/mol. The first kappa shape index (κ1) is 12.7. The standard InChI is InChI=1S/C12H13BrClNO2/c1-17-11(16)12(5-2-6-12)15-8-3-4-10(14)9(13)7-8/h3-4,7,15H,2,5-6H2,1H3. The van der Waals surface area contributed by atoms with Crippen LogP contribution in [0.3, 0.4) is 0 Å². The van der Waals surface area contributed by atoms with E-state index in [2.05, 4.69) is 21.2 Å². The van der Waals surface area contributed by atoms with E-state index in [1.54, 1.807) is 6.07 Å². The number of carbonyl (C=O) groups is 1. The largest absolute Gasteiger partial charge is 0.467 e. The molecule has 92 valence electrons. The summed E-state index contributed by atoms with van der Waals surface area (Å²) in [5, 5.41) is 3.90. The zero-order chi connectivity index (χ0) is 12.5. The van der Waals surface area contributed by atoms with Crippen LogP contribution in [0, 0.1) is 0 Å². The molecule has 1 fully saturated rings. The topological polar surface area (TPSA) is 38.3 Å². The minimum atomic E-state index is -0.554. The second kappa shape index (κ2) is 4.86. The van der Waals surface area contributed by atoms with E-state index in [-0.39, 0.29) is 5.97 Å². The predicted octanol–water partition coefficient (Wildman–Crippen LogP) is 3.61. The van der Waals surface area contributed by atoms with Crippen LogP contribution in [0.4, 0.5) is 5.69 Å². The molecule has 0 amide bonds. The molecule has 5 heteroatoms. The van der Waals surface area contributed by atoms with E-state index in [1.165, 1.54) is 7.11 Å². The average Bonchev–Trinajstić information content (AvgIpc) is 2.27. The van der Waals surface area contributed by atoms with E-state index in [9.17, 15) is 4.79 Å². The summed E-state index contributed by atoms with van der Waals surface area (Å²) in [5.41, 5.74) is 0.313. The summed E-state index contributed by atoms with van der Waals surface area (Å²) in [6, 6.07) is 5.51. The predicted molar refractivity (Wildman–Crippen MR) is 71.4 cm³/mol. The van der Waals surface area contributed by atoms with Crippen LogP contribution >= 0.6 is 27.5 Å². The number of carbonyl (C=O) groups excluding carboxylic acids is 1. The Hall–Kier alpha value is -0.740. The van der Waals surface area contributed by atoms with Gasteiger partial charge in [0.1, 0.15) is 5.54 Å². The molecule has 1 aromatic carbocycles. The van der Waals surface area contributed by atoms with Crippen LogP contribution in [-0.4, -0.2) is 18.6 Å². The maximum absolute atomic E-state index is 11.7. The average molecular weight is 319 g/mol. The number of esters is 1. The molecule has 3 nitrogen and oxygen atoms in total. The molecule has 0 saturated heterocycles. The smallest absolute Gasteiger partial charge is 0.331 e. The molecule has 0 aliphatic heterocycles. The van der Waals surface area contributed by atoms with Crippen molar-refractivity contribution in [1.29, 1.82) is 0 Å². The van der Waals surface area contributed by atoms with Gasteiger partial charge in [-0.25, -0.2) is 4.79 Å². The van der Waals surface area contributed by atoms with Gasteiger partial charge in [0.2, 0.25) is 0 Å². The SMILES string of the molecule is COC(=O)C1(Nc2ccc(Cl)c(Br)c2)CCC1. The van der Waals surface area contributed by atoms with Gasteiger partial charge in [-0.05, 0) is 53.4 Å². The maximum Gasteiger partial charge on any atom is 0.331 e. The van der Waals surface area contributed by atoms with Gasteiger partial charge >= 0.3 is 5.97 Å². The molecule has 2 rings (SSSR count). The van der Waals surface area contributed by atoms with Crippen molar-refractivity contribution >= 4 is 39.2 Å². The van der Waals surface area contributed by atoms with E-state index < -0.39 is 5.54 Å². The highest BCUT2D eigenvalue weighted by Crippen LogP contribution is 2.37. The fourth-order valence-corrected chi connectivity index (χ4v) is 2.45. The lowest BCUT2D eigenvalue weighted by Gasteiger charge is -2.40. The number of anilines is 1. The van der Waals surface area contributed by atoms with Gasteiger partial charge in [-0.1, -0.05) is 11.6 Å². The second-order valence-corrected chi connectivity index (χ2v) is 5.44.